The molecule has 2 aliphatic carbocycles. The Kier molecular flexibility index (Phi) is 4.43. The fraction of sp³-hybridized carbons (Fsp3) is 0.435. The second-order valence-corrected chi connectivity index (χ2v) is 9.10. The molecule has 3 heterocycles. The summed E-state index contributed by atoms with van der Waals surface area (Å²) in [7, 11) is 1.75. The van der Waals surface area contributed by atoms with Crippen LogP contribution in [0.2, 0.25) is 0 Å². The first-order valence-corrected chi connectivity index (χ1v) is 11.0. The third-order valence-corrected chi connectivity index (χ3v) is 6.93. The summed E-state index contributed by atoms with van der Waals surface area (Å²) >= 11 is 0. The zero-order valence-corrected chi connectivity index (χ0v) is 17.6. The Balaban J connectivity index is 1.30. The highest BCUT2D eigenvalue weighted by Crippen LogP contribution is 2.43. The minimum absolute atomic E-state index is 0.0725. The van der Waals surface area contributed by atoms with Crippen LogP contribution in [0.3, 0.4) is 0 Å². The maximum atomic E-state index is 15.0. The number of nitrogens with zero attached hydrogens (tertiary/aromatic N) is 5. The summed E-state index contributed by atoms with van der Waals surface area (Å²) in [6, 6.07) is 2.68. The van der Waals surface area contributed by atoms with Crippen molar-refractivity contribution in [3.8, 4) is 28.1 Å². The molecule has 32 heavy (non-hydrogen) atoms. The number of alkyl halides is 1. The SMILES string of the molecule is Cn1cc(-c2cc(O)c(-c3cnc(N(C4CC4)[C@@H]4[C@H]5CN[C@H](C5)[C@@H]4F)cn3)cc2F)cn1. The van der Waals surface area contributed by atoms with Crippen molar-refractivity contribution < 1.29 is 13.9 Å². The van der Waals surface area contributed by atoms with Crippen molar-refractivity contribution >= 4 is 5.82 Å². The number of phenolic OH excluding ortho intramolecular Hbond substituents is 1. The van der Waals surface area contributed by atoms with Gasteiger partial charge in [0.15, 0.2) is 0 Å². The molecule has 4 atom stereocenters. The van der Waals surface area contributed by atoms with Crippen molar-refractivity contribution in [2.45, 2.75) is 43.6 Å². The molecular weight excluding hydrogens is 414 g/mol. The van der Waals surface area contributed by atoms with Crippen LogP contribution >= 0.6 is 0 Å². The number of anilines is 1. The Hall–Kier alpha value is -3.07. The van der Waals surface area contributed by atoms with Crippen LogP contribution in [0.25, 0.3) is 22.4 Å². The topological polar surface area (TPSA) is 79.1 Å². The first-order chi connectivity index (χ1) is 15.5. The van der Waals surface area contributed by atoms with Gasteiger partial charge in [-0.3, -0.25) is 9.67 Å². The average Bonchev–Trinajstić information content (AvgIpc) is 3.20. The van der Waals surface area contributed by atoms with E-state index in [0.29, 0.717) is 23.1 Å². The van der Waals surface area contributed by atoms with Crippen molar-refractivity contribution in [1.29, 1.82) is 0 Å². The van der Waals surface area contributed by atoms with Gasteiger partial charge in [-0.1, -0.05) is 0 Å². The third-order valence-electron chi connectivity index (χ3n) is 6.93. The van der Waals surface area contributed by atoms with Gasteiger partial charge < -0.3 is 15.3 Å². The maximum Gasteiger partial charge on any atom is 0.147 e. The van der Waals surface area contributed by atoms with Crippen LogP contribution in [0.15, 0.2) is 36.9 Å². The van der Waals surface area contributed by atoms with Gasteiger partial charge in [-0.05, 0) is 37.3 Å². The lowest BCUT2D eigenvalue weighted by Crippen LogP contribution is -2.53. The quantitative estimate of drug-likeness (QED) is 0.638. The molecule has 0 amide bonds. The molecular formula is C23H24F2N6O. The number of piperidine rings is 1. The second kappa shape index (κ2) is 7.23. The van der Waals surface area contributed by atoms with E-state index in [-0.39, 0.29) is 34.9 Å². The predicted octanol–water partition coefficient (Wildman–Crippen LogP) is 3.06. The molecule has 3 fully saturated rings. The van der Waals surface area contributed by atoms with Gasteiger partial charge in [0.25, 0.3) is 0 Å². The second-order valence-electron chi connectivity index (χ2n) is 9.10. The van der Waals surface area contributed by atoms with Gasteiger partial charge in [0.2, 0.25) is 0 Å². The number of phenols is 1. The lowest BCUT2D eigenvalue weighted by molar-refractivity contribution is 0.214. The minimum Gasteiger partial charge on any atom is -0.507 e. The summed E-state index contributed by atoms with van der Waals surface area (Å²) in [5.74, 6) is 0.346. The summed E-state index contributed by atoms with van der Waals surface area (Å²) in [6.07, 6.45) is 8.36. The van der Waals surface area contributed by atoms with Crippen molar-refractivity contribution in [1.82, 2.24) is 25.1 Å². The average molecular weight is 438 g/mol. The van der Waals surface area contributed by atoms with Crippen LogP contribution in [0, 0.1) is 11.7 Å². The fourth-order valence-corrected chi connectivity index (χ4v) is 5.25. The highest BCUT2D eigenvalue weighted by Gasteiger charge is 2.53. The number of benzene rings is 1. The molecule has 1 saturated heterocycles. The van der Waals surface area contributed by atoms with Crippen LogP contribution < -0.4 is 10.2 Å². The summed E-state index contributed by atoms with van der Waals surface area (Å²) < 4.78 is 31.4. The number of aryl methyl sites for hydroxylation is 1. The molecule has 6 rings (SSSR count). The number of fused-ring (bicyclic) bond motifs is 2. The van der Waals surface area contributed by atoms with Gasteiger partial charge in [0.1, 0.15) is 23.6 Å². The van der Waals surface area contributed by atoms with Gasteiger partial charge in [-0.2, -0.15) is 5.10 Å². The van der Waals surface area contributed by atoms with Crippen LogP contribution in [-0.2, 0) is 7.05 Å². The van der Waals surface area contributed by atoms with Crippen LogP contribution in [0.5, 0.6) is 5.75 Å². The zero-order valence-electron chi connectivity index (χ0n) is 17.6. The van der Waals surface area contributed by atoms with Crippen molar-refractivity contribution in [3.05, 3.63) is 42.7 Å². The molecule has 0 unspecified atom stereocenters. The molecule has 1 aromatic carbocycles. The molecule has 2 aromatic heterocycles. The summed E-state index contributed by atoms with van der Waals surface area (Å²) in [5.41, 5.74) is 1.47. The lowest BCUT2D eigenvalue weighted by atomic mass is 10.00. The van der Waals surface area contributed by atoms with E-state index in [0.717, 1.165) is 25.8 Å². The van der Waals surface area contributed by atoms with E-state index in [1.165, 1.54) is 18.3 Å². The molecule has 2 bridgehead atoms. The first kappa shape index (κ1) is 19.6. The largest absolute Gasteiger partial charge is 0.507 e. The van der Waals surface area contributed by atoms with Crippen LogP contribution in [0.1, 0.15) is 19.3 Å². The van der Waals surface area contributed by atoms with E-state index in [1.54, 1.807) is 30.3 Å². The monoisotopic (exact) mass is 438 g/mol. The molecule has 3 aromatic rings. The number of nitrogens with one attached hydrogen (secondary N) is 1. The highest BCUT2D eigenvalue weighted by atomic mass is 19.1. The van der Waals surface area contributed by atoms with Gasteiger partial charge in [0.05, 0.1) is 30.3 Å². The van der Waals surface area contributed by atoms with Crippen molar-refractivity contribution in [2.24, 2.45) is 13.0 Å². The standard InChI is InChI=1S/C23H24F2N6O/c1-30-11-13(8-29-30)15-6-20(32)16(5-17(15)24)19-9-28-21(10-27-19)31(14-2-3-14)23-12-4-18(22(23)25)26-7-12/h5-6,8-12,14,18,22-23,26,32H,2-4,7H2,1H3/t12-,18-,22+,23-/m1/s1. The van der Waals surface area contributed by atoms with Gasteiger partial charge >= 0.3 is 0 Å². The number of hydrogen-bond donors (Lipinski definition) is 2. The van der Waals surface area contributed by atoms with E-state index >= 15 is 0 Å². The Bertz CT molecular complexity index is 1160. The molecule has 3 aliphatic rings. The number of hydrogen-bond acceptors (Lipinski definition) is 6. The molecule has 166 valence electrons. The Morgan fingerprint density at radius 3 is 2.62 bits per heavy atom. The molecule has 2 saturated carbocycles. The summed E-state index contributed by atoms with van der Waals surface area (Å²) in [6.45, 7) is 0.834. The van der Waals surface area contributed by atoms with Gasteiger partial charge in [0, 0.05) is 48.6 Å². The van der Waals surface area contributed by atoms with E-state index in [9.17, 15) is 13.9 Å². The van der Waals surface area contributed by atoms with E-state index < -0.39 is 12.0 Å². The summed E-state index contributed by atoms with van der Waals surface area (Å²) in [5, 5.41) is 17.9. The number of aromatic hydroxyl groups is 1. The Morgan fingerprint density at radius 2 is 2.00 bits per heavy atom. The van der Waals surface area contributed by atoms with Crippen LogP contribution in [-0.4, -0.2) is 55.7 Å². The fourth-order valence-electron chi connectivity index (χ4n) is 5.25. The van der Waals surface area contributed by atoms with E-state index in [4.69, 9.17) is 0 Å². The lowest BCUT2D eigenvalue weighted by Gasteiger charge is -2.37. The first-order valence-electron chi connectivity index (χ1n) is 11.0. The third kappa shape index (κ3) is 3.14. The van der Waals surface area contributed by atoms with Gasteiger partial charge in [-0.15, -0.1) is 0 Å². The van der Waals surface area contributed by atoms with Gasteiger partial charge in [-0.25, -0.2) is 13.8 Å². The van der Waals surface area contributed by atoms with Crippen molar-refractivity contribution in [2.75, 3.05) is 11.4 Å². The van der Waals surface area contributed by atoms with Crippen LogP contribution in [0.4, 0.5) is 14.6 Å². The zero-order chi connectivity index (χ0) is 22.0. The minimum atomic E-state index is -0.922. The maximum absolute atomic E-state index is 15.0. The number of aromatic nitrogens is 4. The van der Waals surface area contributed by atoms with Crippen molar-refractivity contribution in [3.63, 3.8) is 0 Å². The highest BCUT2D eigenvalue weighted by molar-refractivity contribution is 5.74. The normalized spacial score (nSPS) is 26.6. The number of halogens is 2. The smallest absolute Gasteiger partial charge is 0.147 e. The molecule has 1 aliphatic heterocycles. The Morgan fingerprint density at radius 1 is 1.16 bits per heavy atom. The predicted molar refractivity (Wildman–Crippen MR) is 115 cm³/mol. The summed E-state index contributed by atoms with van der Waals surface area (Å²) in [4.78, 5) is 11.1. The molecule has 7 nitrogen and oxygen atoms in total. The van der Waals surface area contributed by atoms with E-state index in [1.807, 2.05) is 0 Å². The molecule has 0 radical (unpaired) electrons. The Labute approximate surface area is 184 Å². The van der Waals surface area contributed by atoms with E-state index in [2.05, 4.69) is 25.3 Å². The molecule has 2 N–H and O–H groups in total. The molecule has 0 spiro atoms. The number of rotatable bonds is 5. The molecule has 9 heteroatoms.